The topological polar surface area (TPSA) is 104 Å². The van der Waals surface area contributed by atoms with E-state index in [2.05, 4.69) is 4.98 Å². The third kappa shape index (κ3) is 2.68. The minimum atomic E-state index is -0.661. The van der Waals surface area contributed by atoms with Crippen molar-refractivity contribution < 1.29 is 23.9 Å². The van der Waals surface area contributed by atoms with Crippen LogP contribution in [-0.2, 0) is 14.3 Å². The van der Waals surface area contributed by atoms with Gasteiger partial charge in [-0.2, -0.15) is 0 Å². The zero-order valence-electron chi connectivity index (χ0n) is 10.9. The summed E-state index contributed by atoms with van der Waals surface area (Å²) in [6.07, 6.45) is -0.661. The summed E-state index contributed by atoms with van der Waals surface area (Å²) in [5, 5.41) is 10.8. The van der Waals surface area contributed by atoms with Crippen molar-refractivity contribution >= 4 is 17.5 Å². The van der Waals surface area contributed by atoms with Gasteiger partial charge in [0.05, 0.1) is 6.54 Å². The van der Waals surface area contributed by atoms with Gasteiger partial charge in [0.15, 0.2) is 18.6 Å². The Balaban J connectivity index is 2.36. The molecule has 1 aliphatic rings. The number of fused-ring (bicyclic) bond motifs is 1. The molecule has 0 bridgehead atoms. The van der Waals surface area contributed by atoms with Crippen LogP contribution in [-0.4, -0.2) is 49.5 Å². The predicted molar refractivity (Wildman–Crippen MR) is 66.5 cm³/mol. The van der Waals surface area contributed by atoms with Gasteiger partial charge in [-0.25, -0.2) is 0 Å². The zero-order valence-corrected chi connectivity index (χ0v) is 10.9. The number of aromatic nitrogens is 1. The highest BCUT2D eigenvalue weighted by molar-refractivity contribution is 5.96. The van der Waals surface area contributed by atoms with Crippen molar-refractivity contribution in [2.24, 2.45) is 0 Å². The lowest BCUT2D eigenvalue weighted by atomic mass is 10.3. The summed E-state index contributed by atoms with van der Waals surface area (Å²) in [4.78, 5) is 27.1. The summed E-state index contributed by atoms with van der Waals surface area (Å²) in [6.45, 7) is -0.0942. The Kier molecular flexibility index (Phi) is 4.11. The fourth-order valence-corrected chi connectivity index (χ4v) is 1.75. The normalized spacial score (nSPS) is 14.2. The van der Waals surface area contributed by atoms with Crippen LogP contribution < -0.4 is 9.64 Å². The first-order chi connectivity index (χ1) is 9.56. The van der Waals surface area contributed by atoms with Gasteiger partial charge < -0.3 is 24.3 Å². The maximum absolute atomic E-state index is 11.9. The molecule has 1 aromatic heterocycles. The SMILES string of the molecule is COC(CN1C(=O)COc2ccc([N+](=O)[O-])nc21)OC. The molecule has 0 radical (unpaired) electrons. The monoisotopic (exact) mass is 283 g/mol. The fourth-order valence-electron chi connectivity index (χ4n) is 1.75. The largest absolute Gasteiger partial charge is 0.477 e. The smallest absolute Gasteiger partial charge is 0.366 e. The Bertz CT molecular complexity index is 531. The molecule has 0 atom stereocenters. The lowest BCUT2D eigenvalue weighted by Crippen LogP contribution is -2.44. The first kappa shape index (κ1) is 14.2. The lowest BCUT2D eigenvalue weighted by Gasteiger charge is -2.27. The number of carbonyl (C=O) groups excluding carboxylic acids is 1. The predicted octanol–water partition coefficient (Wildman–Crippen LogP) is 0.334. The highest BCUT2D eigenvalue weighted by Gasteiger charge is 2.33. The molecular weight excluding hydrogens is 270 g/mol. The minimum Gasteiger partial charge on any atom is -0.477 e. The van der Waals surface area contributed by atoms with E-state index in [-0.39, 0.29) is 30.7 Å². The zero-order chi connectivity index (χ0) is 14.7. The molecule has 9 nitrogen and oxygen atoms in total. The molecule has 0 saturated heterocycles. The van der Waals surface area contributed by atoms with Crippen molar-refractivity contribution in [1.29, 1.82) is 0 Å². The summed E-state index contributed by atoms with van der Waals surface area (Å²) in [5.74, 6) is -0.335. The van der Waals surface area contributed by atoms with Crippen molar-refractivity contribution in [3.05, 3.63) is 22.2 Å². The molecule has 1 aromatic rings. The summed E-state index contributed by atoms with van der Waals surface area (Å²) in [6, 6.07) is 2.63. The molecule has 0 aliphatic carbocycles. The van der Waals surface area contributed by atoms with Crippen LogP contribution in [0.5, 0.6) is 5.75 Å². The molecule has 0 unspecified atom stereocenters. The number of anilines is 1. The van der Waals surface area contributed by atoms with Gasteiger partial charge in [0.25, 0.3) is 11.7 Å². The third-order valence-electron chi connectivity index (χ3n) is 2.78. The second-order valence-corrected chi connectivity index (χ2v) is 3.94. The average molecular weight is 283 g/mol. The van der Waals surface area contributed by atoms with Crippen molar-refractivity contribution in [3.8, 4) is 5.75 Å². The van der Waals surface area contributed by atoms with E-state index in [0.717, 1.165) is 0 Å². The first-order valence-electron chi connectivity index (χ1n) is 5.71. The molecule has 0 N–H and O–H groups in total. The van der Waals surface area contributed by atoms with Crippen LogP contribution in [0.4, 0.5) is 11.6 Å². The van der Waals surface area contributed by atoms with Crippen molar-refractivity contribution in [1.82, 2.24) is 4.98 Å². The number of nitro groups is 1. The van der Waals surface area contributed by atoms with Crippen LogP contribution in [0.3, 0.4) is 0 Å². The molecule has 0 saturated carbocycles. The maximum Gasteiger partial charge on any atom is 0.366 e. The highest BCUT2D eigenvalue weighted by Crippen LogP contribution is 2.32. The number of amides is 1. The van der Waals surface area contributed by atoms with E-state index < -0.39 is 11.2 Å². The van der Waals surface area contributed by atoms with E-state index in [0.29, 0.717) is 5.75 Å². The van der Waals surface area contributed by atoms with Gasteiger partial charge in [0.2, 0.25) is 0 Å². The van der Waals surface area contributed by atoms with E-state index in [9.17, 15) is 14.9 Å². The second kappa shape index (κ2) is 5.80. The average Bonchev–Trinajstić information content (AvgIpc) is 2.46. The molecule has 1 amide bonds. The van der Waals surface area contributed by atoms with Gasteiger partial charge >= 0.3 is 5.82 Å². The fraction of sp³-hybridized carbons (Fsp3) is 0.455. The Labute approximate surface area is 114 Å². The van der Waals surface area contributed by atoms with Gasteiger partial charge in [-0.1, -0.05) is 0 Å². The van der Waals surface area contributed by atoms with Crippen LogP contribution in [0, 0.1) is 10.1 Å². The molecule has 0 fully saturated rings. The number of carbonyl (C=O) groups is 1. The van der Waals surface area contributed by atoms with Crippen molar-refractivity contribution in [2.75, 3.05) is 32.3 Å². The molecular formula is C11H13N3O6. The number of rotatable bonds is 5. The highest BCUT2D eigenvalue weighted by atomic mass is 16.7. The molecule has 20 heavy (non-hydrogen) atoms. The minimum absolute atomic E-state index is 0.0658. The number of nitrogens with zero attached hydrogens (tertiary/aromatic N) is 3. The molecule has 0 aromatic carbocycles. The van der Waals surface area contributed by atoms with E-state index in [1.165, 1.54) is 31.3 Å². The summed E-state index contributed by atoms with van der Waals surface area (Å²) in [7, 11) is 2.86. The quantitative estimate of drug-likeness (QED) is 0.435. The number of pyridine rings is 1. The third-order valence-corrected chi connectivity index (χ3v) is 2.78. The number of methoxy groups -OCH3 is 2. The number of hydrogen-bond donors (Lipinski definition) is 0. The van der Waals surface area contributed by atoms with Crippen LogP contribution >= 0.6 is 0 Å². The molecule has 1 aliphatic heterocycles. The van der Waals surface area contributed by atoms with E-state index >= 15 is 0 Å². The molecule has 2 heterocycles. The first-order valence-corrected chi connectivity index (χ1v) is 5.71. The second-order valence-electron chi connectivity index (χ2n) is 3.94. The molecule has 108 valence electrons. The van der Waals surface area contributed by atoms with Crippen LogP contribution in [0.25, 0.3) is 0 Å². The van der Waals surface area contributed by atoms with Crippen molar-refractivity contribution in [3.63, 3.8) is 0 Å². The van der Waals surface area contributed by atoms with Gasteiger partial charge in [-0.15, -0.1) is 0 Å². The summed E-state index contributed by atoms with van der Waals surface area (Å²) < 4.78 is 15.2. The van der Waals surface area contributed by atoms with E-state index in [1.807, 2.05) is 0 Å². The Morgan fingerprint density at radius 1 is 1.50 bits per heavy atom. The van der Waals surface area contributed by atoms with Crippen LogP contribution in [0.1, 0.15) is 0 Å². The molecule has 9 heteroatoms. The van der Waals surface area contributed by atoms with E-state index in [1.54, 1.807) is 0 Å². The standard InChI is InChI=1S/C11H13N3O6/c1-18-10(19-2)5-13-9(15)6-20-7-3-4-8(14(16)17)12-11(7)13/h3-4,10H,5-6H2,1-2H3. The molecule has 0 spiro atoms. The summed E-state index contributed by atoms with van der Waals surface area (Å²) in [5.41, 5.74) is 0. The van der Waals surface area contributed by atoms with Crippen LogP contribution in [0.15, 0.2) is 12.1 Å². The van der Waals surface area contributed by atoms with Crippen molar-refractivity contribution in [2.45, 2.75) is 6.29 Å². The summed E-state index contributed by atoms with van der Waals surface area (Å²) >= 11 is 0. The Morgan fingerprint density at radius 2 is 2.20 bits per heavy atom. The van der Waals surface area contributed by atoms with Crippen LogP contribution in [0.2, 0.25) is 0 Å². The Hall–Kier alpha value is -2.26. The van der Waals surface area contributed by atoms with Gasteiger partial charge in [0, 0.05) is 20.3 Å². The Morgan fingerprint density at radius 3 is 2.80 bits per heavy atom. The number of hydrogen-bond acceptors (Lipinski definition) is 7. The molecule has 2 rings (SSSR count). The van der Waals surface area contributed by atoms with Gasteiger partial charge in [-0.3, -0.25) is 9.69 Å². The van der Waals surface area contributed by atoms with E-state index in [4.69, 9.17) is 14.2 Å². The van der Waals surface area contributed by atoms with Gasteiger partial charge in [0.1, 0.15) is 0 Å². The van der Waals surface area contributed by atoms with Gasteiger partial charge in [-0.05, 0) is 16.0 Å². The lowest BCUT2D eigenvalue weighted by molar-refractivity contribution is -0.389. The number of ether oxygens (including phenoxy) is 3. The maximum atomic E-state index is 11.9.